The van der Waals surface area contributed by atoms with E-state index < -0.39 is 12.0 Å². The number of nitrogens with one attached hydrogen (secondary N) is 1. The molecule has 0 heterocycles. The van der Waals surface area contributed by atoms with Crippen molar-refractivity contribution in [2.24, 2.45) is 0 Å². The van der Waals surface area contributed by atoms with Crippen molar-refractivity contribution < 1.29 is 20.1 Å². The summed E-state index contributed by atoms with van der Waals surface area (Å²) in [5.41, 5.74) is 0.608. The molecular formula is C11H13NO4. The van der Waals surface area contributed by atoms with Crippen LogP contribution in [-0.2, 0) is 11.2 Å². The van der Waals surface area contributed by atoms with Gasteiger partial charge in [0, 0.05) is 6.42 Å². The molecule has 0 aliphatic heterocycles. The maximum absolute atomic E-state index is 10.8. The molecule has 0 bridgehead atoms. The molecule has 0 aromatic heterocycles. The van der Waals surface area contributed by atoms with Gasteiger partial charge in [-0.2, -0.15) is 0 Å². The van der Waals surface area contributed by atoms with E-state index in [0.29, 0.717) is 5.56 Å². The van der Waals surface area contributed by atoms with Crippen LogP contribution in [0.15, 0.2) is 31.0 Å². The van der Waals surface area contributed by atoms with Gasteiger partial charge in [-0.3, -0.25) is 0 Å². The number of phenols is 2. The number of carboxylic acids is 1. The molecule has 1 atom stereocenters. The largest absolute Gasteiger partial charge is 0.504 e. The lowest BCUT2D eigenvalue weighted by Gasteiger charge is -2.12. The fourth-order valence-corrected chi connectivity index (χ4v) is 1.29. The zero-order chi connectivity index (χ0) is 12.1. The summed E-state index contributed by atoms with van der Waals surface area (Å²) in [6, 6.07) is 3.39. The number of rotatable bonds is 5. The highest BCUT2D eigenvalue weighted by Crippen LogP contribution is 2.25. The van der Waals surface area contributed by atoms with Crippen LogP contribution in [-0.4, -0.2) is 27.3 Å². The average molecular weight is 223 g/mol. The number of hydrogen-bond donors (Lipinski definition) is 4. The average Bonchev–Trinajstić information content (AvgIpc) is 2.22. The zero-order valence-electron chi connectivity index (χ0n) is 8.55. The van der Waals surface area contributed by atoms with Crippen LogP contribution in [0.4, 0.5) is 0 Å². The van der Waals surface area contributed by atoms with Gasteiger partial charge in [-0.1, -0.05) is 12.6 Å². The van der Waals surface area contributed by atoms with Gasteiger partial charge in [-0.05, 0) is 23.9 Å². The molecule has 0 unspecified atom stereocenters. The van der Waals surface area contributed by atoms with E-state index in [2.05, 4.69) is 11.9 Å². The fraction of sp³-hybridized carbons (Fsp3) is 0.182. The monoisotopic (exact) mass is 223 g/mol. The minimum atomic E-state index is -1.01. The van der Waals surface area contributed by atoms with Crippen LogP contribution in [0.1, 0.15) is 5.56 Å². The van der Waals surface area contributed by atoms with E-state index in [1.807, 2.05) is 0 Å². The lowest BCUT2D eigenvalue weighted by Crippen LogP contribution is -2.34. The Bertz CT molecular complexity index is 403. The highest BCUT2D eigenvalue weighted by molar-refractivity contribution is 5.74. The first-order valence-corrected chi connectivity index (χ1v) is 4.65. The molecule has 86 valence electrons. The number of aromatic hydroxyl groups is 2. The Morgan fingerprint density at radius 3 is 2.62 bits per heavy atom. The van der Waals surface area contributed by atoms with E-state index in [0.717, 1.165) is 0 Å². The van der Waals surface area contributed by atoms with Crippen molar-refractivity contribution in [3.63, 3.8) is 0 Å². The molecule has 5 nitrogen and oxygen atoms in total. The molecule has 16 heavy (non-hydrogen) atoms. The van der Waals surface area contributed by atoms with Gasteiger partial charge in [0.15, 0.2) is 11.5 Å². The van der Waals surface area contributed by atoms with E-state index >= 15 is 0 Å². The van der Waals surface area contributed by atoms with Gasteiger partial charge >= 0.3 is 5.97 Å². The Balaban J connectivity index is 2.81. The summed E-state index contributed by atoms with van der Waals surface area (Å²) in [4.78, 5) is 10.8. The minimum absolute atomic E-state index is 0.190. The predicted octanol–water partition coefficient (Wildman–Crippen LogP) is 0.827. The number of carboxylic acid groups (broad SMARTS) is 1. The van der Waals surface area contributed by atoms with Gasteiger partial charge in [0.2, 0.25) is 0 Å². The lowest BCUT2D eigenvalue weighted by molar-refractivity contribution is -0.139. The normalized spacial score (nSPS) is 11.8. The van der Waals surface area contributed by atoms with Crippen LogP contribution < -0.4 is 5.32 Å². The minimum Gasteiger partial charge on any atom is -0.504 e. The second-order valence-corrected chi connectivity index (χ2v) is 3.29. The lowest BCUT2D eigenvalue weighted by atomic mass is 10.1. The Morgan fingerprint density at radius 1 is 1.44 bits per heavy atom. The first kappa shape index (κ1) is 11.9. The van der Waals surface area contributed by atoms with Gasteiger partial charge < -0.3 is 20.6 Å². The van der Waals surface area contributed by atoms with Gasteiger partial charge in [0.05, 0.1) is 0 Å². The molecule has 0 amide bonds. The number of aliphatic carboxylic acids is 1. The van der Waals surface area contributed by atoms with E-state index in [1.54, 1.807) is 6.07 Å². The molecule has 0 saturated heterocycles. The van der Waals surface area contributed by atoms with Crippen LogP contribution in [0.25, 0.3) is 0 Å². The summed E-state index contributed by atoms with van der Waals surface area (Å²) in [5.74, 6) is -1.50. The van der Waals surface area contributed by atoms with Crippen molar-refractivity contribution in [3.8, 4) is 11.5 Å². The topological polar surface area (TPSA) is 89.8 Å². The highest BCUT2D eigenvalue weighted by atomic mass is 16.4. The number of benzene rings is 1. The summed E-state index contributed by atoms with van der Waals surface area (Å²) in [7, 11) is 0. The molecule has 0 aliphatic carbocycles. The summed E-state index contributed by atoms with van der Waals surface area (Å²) in [5, 5.41) is 29.8. The highest BCUT2D eigenvalue weighted by Gasteiger charge is 2.16. The molecule has 4 N–H and O–H groups in total. The van der Waals surface area contributed by atoms with E-state index in [4.69, 9.17) is 10.2 Å². The van der Waals surface area contributed by atoms with E-state index in [-0.39, 0.29) is 17.9 Å². The molecule has 1 aromatic rings. The van der Waals surface area contributed by atoms with Crippen LogP contribution in [0.3, 0.4) is 0 Å². The van der Waals surface area contributed by atoms with Crippen LogP contribution in [0.5, 0.6) is 11.5 Å². The Morgan fingerprint density at radius 2 is 2.12 bits per heavy atom. The maximum atomic E-state index is 10.8. The summed E-state index contributed by atoms with van der Waals surface area (Å²) >= 11 is 0. The first-order valence-electron chi connectivity index (χ1n) is 4.65. The van der Waals surface area contributed by atoms with Crippen LogP contribution in [0, 0.1) is 0 Å². The van der Waals surface area contributed by atoms with E-state index in [9.17, 15) is 9.90 Å². The summed E-state index contributed by atoms with van der Waals surface area (Å²) < 4.78 is 0. The first-order chi connectivity index (χ1) is 7.54. The smallest absolute Gasteiger partial charge is 0.326 e. The van der Waals surface area contributed by atoms with Crippen molar-refractivity contribution in [3.05, 3.63) is 36.5 Å². The Labute approximate surface area is 92.7 Å². The molecule has 1 rings (SSSR count). The second-order valence-electron chi connectivity index (χ2n) is 3.29. The third-order valence-electron chi connectivity index (χ3n) is 2.10. The zero-order valence-corrected chi connectivity index (χ0v) is 8.55. The molecule has 5 heteroatoms. The molecule has 0 aliphatic rings. The third kappa shape index (κ3) is 2.91. The van der Waals surface area contributed by atoms with Crippen molar-refractivity contribution in [1.82, 2.24) is 5.32 Å². The number of carbonyl (C=O) groups is 1. The fourth-order valence-electron chi connectivity index (χ4n) is 1.29. The van der Waals surface area contributed by atoms with Gasteiger partial charge in [-0.25, -0.2) is 4.79 Å². The number of hydrogen-bond acceptors (Lipinski definition) is 4. The SMILES string of the molecule is C=CN[C@@H](Cc1ccc(O)c(O)c1)C(=O)O. The maximum Gasteiger partial charge on any atom is 0.326 e. The molecule has 0 spiro atoms. The second kappa shape index (κ2) is 5.06. The van der Waals surface area contributed by atoms with Gasteiger partial charge in [0.1, 0.15) is 6.04 Å². The molecule has 0 radical (unpaired) electrons. The quantitative estimate of drug-likeness (QED) is 0.555. The predicted molar refractivity (Wildman–Crippen MR) is 58.2 cm³/mol. The summed E-state index contributed by atoms with van der Waals surface area (Å²) in [6.07, 6.45) is 1.49. The molecule has 0 saturated carbocycles. The Hall–Kier alpha value is -2.17. The van der Waals surface area contributed by atoms with Crippen LogP contribution >= 0.6 is 0 Å². The van der Waals surface area contributed by atoms with Crippen molar-refractivity contribution in [2.45, 2.75) is 12.5 Å². The third-order valence-corrected chi connectivity index (χ3v) is 2.10. The van der Waals surface area contributed by atoms with Gasteiger partial charge in [-0.15, -0.1) is 0 Å². The Kier molecular flexibility index (Phi) is 3.77. The molecular weight excluding hydrogens is 210 g/mol. The molecule has 0 fully saturated rings. The van der Waals surface area contributed by atoms with Crippen LogP contribution in [0.2, 0.25) is 0 Å². The molecule has 1 aromatic carbocycles. The van der Waals surface area contributed by atoms with Crippen molar-refractivity contribution in [2.75, 3.05) is 0 Å². The summed E-state index contributed by atoms with van der Waals surface area (Å²) in [6.45, 7) is 3.39. The van der Waals surface area contributed by atoms with E-state index in [1.165, 1.54) is 18.3 Å². The number of phenolic OH excluding ortho intramolecular Hbond substituents is 2. The van der Waals surface area contributed by atoms with Gasteiger partial charge in [0.25, 0.3) is 0 Å². The van der Waals surface area contributed by atoms with Crippen molar-refractivity contribution in [1.29, 1.82) is 0 Å². The van der Waals surface area contributed by atoms with Crippen molar-refractivity contribution >= 4 is 5.97 Å². The standard InChI is InChI=1S/C11H13NO4/c1-2-12-8(11(15)16)5-7-3-4-9(13)10(14)6-7/h2-4,6,8,12-14H,1,5H2,(H,15,16)/t8-/m0/s1.